The van der Waals surface area contributed by atoms with E-state index >= 15 is 0 Å². The molecule has 0 bridgehead atoms. The fourth-order valence-corrected chi connectivity index (χ4v) is 2.82. The first-order valence-corrected chi connectivity index (χ1v) is 7.19. The Balaban J connectivity index is 2.37. The number of fused-ring (bicyclic) bond motifs is 1. The van der Waals surface area contributed by atoms with Crippen molar-refractivity contribution in [1.82, 2.24) is 19.3 Å². The average molecular weight is 286 g/mol. The highest BCUT2D eigenvalue weighted by Gasteiger charge is 2.15. The molecule has 2 heterocycles. The third-order valence-corrected chi connectivity index (χ3v) is 4.08. The van der Waals surface area contributed by atoms with E-state index in [1.165, 1.54) is 11.1 Å². The summed E-state index contributed by atoms with van der Waals surface area (Å²) in [6.07, 6.45) is 0. The Morgan fingerprint density at radius 3 is 2.60 bits per heavy atom. The van der Waals surface area contributed by atoms with Crippen LogP contribution < -0.4 is 0 Å². The minimum Gasteiger partial charge on any atom is -0.327 e. The molecule has 0 fully saturated rings. The molecule has 1 aromatic carbocycles. The molecule has 0 amide bonds. The van der Waals surface area contributed by atoms with Gasteiger partial charge in [0.15, 0.2) is 10.4 Å². The second kappa shape index (κ2) is 4.59. The number of hydrogen-bond acceptors (Lipinski definition) is 2. The second-order valence-corrected chi connectivity index (χ2v) is 5.52. The maximum Gasteiger partial charge on any atom is 0.184 e. The van der Waals surface area contributed by atoms with Crippen molar-refractivity contribution in [3.63, 3.8) is 0 Å². The lowest BCUT2D eigenvalue weighted by molar-refractivity contribution is 0.661. The summed E-state index contributed by atoms with van der Waals surface area (Å²) in [4.78, 5) is 3.28. The molecule has 0 unspecified atom stereocenters. The number of nitrogens with zero attached hydrogens (tertiary/aromatic N) is 3. The molecule has 4 nitrogen and oxygen atoms in total. The molecule has 0 radical (unpaired) electrons. The molecule has 0 aliphatic heterocycles. The van der Waals surface area contributed by atoms with E-state index in [1.807, 2.05) is 11.6 Å². The van der Waals surface area contributed by atoms with Crippen LogP contribution in [-0.2, 0) is 6.54 Å². The van der Waals surface area contributed by atoms with Gasteiger partial charge in [-0.25, -0.2) is 4.68 Å². The Labute approximate surface area is 123 Å². The van der Waals surface area contributed by atoms with Gasteiger partial charge in [0.05, 0.1) is 11.4 Å². The third kappa shape index (κ3) is 1.81. The standard InChI is InChI=1S/C15H18N4S/c1-5-18-14-13(11(4)17-18)16-15(20)19(14)12-7-6-9(2)10(3)8-12/h6-8H,5H2,1-4H3,(H,16,20). The lowest BCUT2D eigenvalue weighted by Crippen LogP contribution is -2.04. The van der Waals surface area contributed by atoms with Gasteiger partial charge in [-0.15, -0.1) is 0 Å². The first-order chi connectivity index (χ1) is 9.52. The van der Waals surface area contributed by atoms with Crippen LogP contribution in [0.1, 0.15) is 23.7 Å². The molecule has 0 aliphatic rings. The highest BCUT2D eigenvalue weighted by molar-refractivity contribution is 7.71. The van der Waals surface area contributed by atoms with Crippen LogP contribution >= 0.6 is 12.2 Å². The molecule has 5 heteroatoms. The molecule has 0 aliphatic carbocycles. The van der Waals surface area contributed by atoms with Crippen LogP contribution in [0.5, 0.6) is 0 Å². The van der Waals surface area contributed by atoms with Crippen LogP contribution in [-0.4, -0.2) is 19.3 Å². The maximum atomic E-state index is 5.50. The van der Waals surface area contributed by atoms with Gasteiger partial charge in [-0.05, 0) is 63.2 Å². The summed E-state index contributed by atoms with van der Waals surface area (Å²) in [5.41, 5.74) is 6.67. The predicted octanol–water partition coefficient (Wildman–Crippen LogP) is 3.83. The van der Waals surface area contributed by atoms with Gasteiger partial charge < -0.3 is 4.98 Å². The Hall–Kier alpha value is -1.88. The predicted molar refractivity (Wildman–Crippen MR) is 84.1 cm³/mol. The summed E-state index contributed by atoms with van der Waals surface area (Å²) in [5, 5.41) is 4.55. The molecule has 1 N–H and O–H groups in total. The zero-order chi connectivity index (χ0) is 14.4. The van der Waals surface area contributed by atoms with E-state index in [2.05, 4.69) is 53.6 Å². The third-order valence-electron chi connectivity index (χ3n) is 3.80. The molecule has 0 atom stereocenters. The van der Waals surface area contributed by atoms with Crippen molar-refractivity contribution >= 4 is 23.4 Å². The van der Waals surface area contributed by atoms with Crippen molar-refractivity contribution in [1.29, 1.82) is 0 Å². The van der Waals surface area contributed by atoms with Crippen molar-refractivity contribution in [2.24, 2.45) is 0 Å². The van der Waals surface area contributed by atoms with Gasteiger partial charge in [0.1, 0.15) is 5.52 Å². The van der Waals surface area contributed by atoms with Crippen molar-refractivity contribution in [2.75, 3.05) is 0 Å². The SMILES string of the molecule is CCn1nc(C)c2[nH]c(=S)n(-c3ccc(C)c(C)c3)c21. The summed E-state index contributed by atoms with van der Waals surface area (Å²) in [5.74, 6) is 0. The quantitative estimate of drug-likeness (QED) is 0.727. The summed E-state index contributed by atoms with van der Waals surface area (Å²) < 4.78 is 4.78. The highest BCUT2D eigenvalue weighted by Crippen LogP contribution is 2.23. The van der Waals surface area contributed by atoms with Crippen LogP contribution in [0.15, 0.2) is 18.2 Å². The van der Waals surface area contributed by atoms with E-state index in [4.69, 9.17) is 12.2 Å². The van der Waals surface area contributed by atoms with Crippen LogP contribution in [0.2, 0.25) is 0 Å². The number of nitrogens with one attached hydrogen (secondary N) is 1. The minimum absolute atomic E-state index is 0.714. The molecule has 20 heavy (non-hydrogen) atoms. The molecule has 0 saturated carbocycles. The van der Waals surface area contributed by atoms with Crippen molar-refractivity contribution < 1.29 is 0 Å². The Kier molecular flexibility index (Phi) is 3.01. The topological polar surface area (TPSA) is 38.5 Å². The van der Waals surface area contributed by atoms with Crippen LogP contribution in [0.4, 0.5) is 0 Å². The number of aromatic amines is 1. The number of rotatable bonds is 2. The number of hydrogen-bond donors (Lipinski definition) is 1. The monoisotopic (exact) mass is 286 g/mol. The van der Waals surface area contributed by atoms with E-state index in [0.717, 1.165) is 29.1 Å². The fourth-order valence-electron chi connectivity index (χ4n) is 2.53. The Morgan fingerprint density at radius 2 is 1.95 bits per heavy atom. The average Bonchev–Trinajstić information content (AvgIpc) is 2.90. The zero-order valence-corrected chi connectivity index (χ0v) is 13.0. The van der Waals surface area contributed by atoms with Crippen LogP contribution in [0, 0.1) is 25.5 Å². The minimum atomic E-state index is 0.714. The van der Waals surface area contributed by atoms with Crippen molar-refractivity contribution in [3.8, 4) is 5.69 Å². The van der Waals surface area contributed by atoms with Crippen LogP contribution in [0.25, 0.3) is 16.9 Å². The van der Waals surface area contributed by atoms with E-state index in [9.17, 15) is 0 Å². The van der Waals surface area contributed by atoms with E-state index in [0.29, 0.717) is 4.77 Å². The van der Waals surface area contributed by atoms with E-state index in [-0.39, 0.29) is 0 Å². The molecule has 0 spiro atoms. The van der Waals surface area contributed by atoms with Gasteiger partial charge in [0.2, 0.25) is 0 Å². The normalized spacial score (nSPS) is 11.4. The molecular weight excluding hydrogens is 268 g/mol. The second-order valence-electron chi connectivity index (χ2n) is 5.13. The van der Waals surface area contributed by atoms with Gasteiger partial charge in [-0.3, -0.25) is 4.57 Å². The highest BCUT2D eigenvalue weighted by atomic mass is 32.1. The number of imidazole rings is 1. The number of aromatic nitrogens is 4. The zero-order valence-electron chi connectivity index (χ0n) is 12.2. The molecule has 104 valence electrons. The van der Waals surface area contributed by atoms with E-state index in [1.54, 1.807) is 0 Å². The first kappa shape index (κ1) is 13.1. The summed E-state index contributed by atoms with van der Waals surface area (Å²) in [6, 6.07) is 6.40. The fraction of sp³-hybridized carbons (Fsp3) is 0.333. The van der Waals surface area contributed by atoms with E-state index < -0.39 is 0 Å². The molecule has 2 aromatic heterocycles. The Morgan fingerprint density at radius 1 is 1.20 bits per heavy atom. The number of H-pyrrole nitrogens is 1. The number of benzene rings is 1. The maximum absolute atomic E-state index is 5.50. The van der Waals surface area contributed by atoms with Gasteiger partial charge in [-0.2, -0.15) is 5.10 Å². The van der Waals surface area contributed by atoms with Gasteiger partial charge in [-0.1, -0.05) is 6.07 Å². The summed E-state index contributed by atoms with van der Waals surface area (Å²) in [7, 11) is 0. The van der Waals surface area contributed by atoms with Crippen LogP contribution in [0.3, 0.4) is 0 Å². The summed E-state index contributed by atoms with van der Waals surface area (Å²) >= 11 is 5.50. The number of aryl methyl sites for hydroxylation is 4. The van der Waals surface area contributed by atoms with Gasteiger partial charge in [0.25, 0.3) is 0 Å². The molecular formula is C15H18N4S. The van der Waals surface area contributed by atoms with Gasteiger partial charge in [0, 0.05) is 6.54 Å². The smallest absolute Gasteiger partial charge is 0.184 e. The lowest BCUT2D eigenvalue weighted by Gasteiger charge is -2.08. The van der Waals surface area contributed by atoms with Crippen molar-refractivity contribution in [2.45, 2.75) is 34.2 Å². The molecule has 3 aromatic rings. The Bertz CT molecular complexity index is 851. The van der Waals surface area contributed by atoms with Crippen molar-refractivity contribution in [3.05, 3.63) is 39.8 Å². The first-order valence-electron chi connectivity index (χ1n) is 6.78. The molecule has 3 rings (SSSR count). The summed E-state index contributed by atoms with van der Waals surface area (Å²) in [6.45, 7) is 9.15. The largest absolute Gasteiger partial charge is 0.327 e. The van der Waals surface area contributed by atoms with Gasteiger partial charge >= 0.3 is 0 Å². The lowest BCUT2D eigenvalue weighted by atomic mass is 10.1. The molecule has 0 saturated heterocycles.